The molecule has 1 aliphatic rings. The van der Waals surface area contributed by atoms with E-state index in [1.54, 1.807) is 12.0 Å². The molecular weight excluding hydrogens is 354 g/mol. The molecule has 2 atom stereocenters. The second kappa shape index (κ2) is 8.89. The summed E-state index contributed by atoms with van der Waals surface area (Å²) in [6, 6.07) is 17.5. The SMILES string of the molecule is COc1cccc(N2C[C@@H](C(=O)NC[C@@H](c3ccccc3)N(C)C)CC2=O)c1. The molecule has 2 aromatic rings. The first kappa shape index (κ1) is 19.9. The number of benzene rings is 2. The first-order valence-corrected chi connectivity index (χ1v) is 9.43. The first-order chi connectivity index (χ1) is 13.5. The summed E-state index contributed by atoms with van der Waals surface area (Å²) in [6.45, 7) is 0.884. The van der Waals surface area contributed by atoms with Gasteiger partial charge in [0.25, 0.3) is 0 Å². The fourth-order valence-electron chi connectivity index (χ4n) is 3.53. The Morgan fingerprint density at radius 2 is 1.96 bits per heavy atom. The van der Waals surface area contributed by atoms with Crippen LogP contribution in [0.4, 0.5) is 5.69 Å². The van der Waals surface area contributed by atoms with Crippen LogP contribution in [-0.4, -0.2) is 51.0 Å². The Morgan fingerprint density at radius 3 is 2.64 bits per heavy atom. The lowest BCUT2D eigenvalue weighted by Gasteiger charge is -2.25. The molecule has 1 heterocycles. The van der Waals surface area contributed by atoms with Gasteiger partial charge in [0, 0.05) is 31.3 Å². The summed E-state index contributed by atoms with van der Waals surface area (Å²) in [5.74, 6) is 0.217. The van der Waals surface area contributed by atoms with Crippen molar-refractivity contribution in [1.29, 1.82) is 0 Å². The van der Waals surface area contributed by atoms with Gasteiger partial charge in [-0.15, -0.1) is 0 Å². The van der Waals surface area contributed by atoms with Gasteiger partial charge in [-0.05, 0) is 31.8 Å². The molecular formula is C22H27N3O3. The average molecular weight is 381 g/mol. The van der Waals surface area contributed by atoms with E-state index in [1.165, 1.54) is 0 Å². The predicted octanol–water partition coefficient (Wildman–Crippen LogP) is 2.47. The minimum Gasteiger partial charge on any atom is -0.497 e. The largest absolute Gasteiger partial charge is 0.497 e. The number of ether oxygens (including phenoxy) is 1. The molecule has 2 aromatic carbocycles. The Bertz CT molecular complexity index is 823. The third-order valence-corrected chi connectivity index (χ3v) is 5.14. The molecule has 1 saturated heterocycles. The third kappa shape index (κ3) is 4.51. The van der Waals surface area contributed by atoms with Gasteiger partial charge in [-0.1, -0.05) is 36.4 Å². The highest BCUT2D eigenvalue weighted by atomic mass is 16.5. The topological polar surface area (TPSA) is 61.9 Å². The van der Waals surface area contributed by atoms with Crippen LogP contribution in [0.25, 0.3) is 0 Å². The van der Waals surface area contributed by atoms with Crippen molar-refractivity contribution in [2.45, 2.75) is 12.5 Å². The Kier molecular flexibility index (Phi) is 6.31. The standard InChI is InChI=1S/C22H27N3O3/c1-24(2)20(16-8-5-4-6-9-16)14-23-22(27)17-12-21(26)25(15-17)18-10-7-11-19(13-18)28-3/h4-11,13,17,20H,12,14-15H2,1-3H3,(H,23,27)/t17-,20-/m0/s1. The molecule has 0 aliphatic carbocycles. The highest BCUT2D eigenvalue weighted by Gasteiger charge is 2.35. The number of amides is 2. The van der Waals surface area contributed by atoms with Gasteiger partial charge in [-0.2, -0.15) is 0 Å². The number of anilines is 1. The number of likely N-dealkylation sites (N-methyl/N-ethyl adjacent to an activating group) is 1. The summed E-state index contributed by atoms with van der Waals surface area (Å²) >= 11 is 0. The Balaban J connectivity index is 1.62. The number of methoxy groups -OCH3 is 1. The zero-order chi connectivity index (χ0) is 20.1. The predicted molar refractivity (Wildman–Crippen MR) is 109 cm³/mol. The number of nitrogens with one attached hydrogen (secondary N) is 1. The highest BCUT2D eigenvalue weighted by molar-refractivity contribution is 6.00. The summed E-state index contributed by atoms with van der Waals surface area (Å²) in [4.78, 5) is 28.9. The molecule has 6 heteroatoms. The van der Waals surface area contributed by atoms with Crippen molar-refractivity contribution in [3.63, 3.8) is 0 Å². The van der Waals surface area contributed by atoms with Crippen molar-refractivity contribution in [1.82, 2.24) is 10.2 Å². The quantitative estimate of drug-likeness (QED) is 0.800. The van der Waals surface area contributed by atoms with Crippen molar-refractivity contribution >= 4 is 17.5 Å². The summed E-state index contributed by atoms with van der Waals surface area (Å²) in [5.41, 5.74) is 1.91. The molecule has 3 rings (SSSR count). The first-order valence-electron chi connectivity index (χ1n) is 9.43. The van der Waals surface area contributed by atoms with Gasteiger partial charge >= 0.3 is 0 Å². The van der Waals surface area contributed by atoms with Crippen molar-refractivity contribution < 1.29 is 14.3 Å². The van der Waals surface area contributed by atoms with Gasteiger partial charge in [0.2, 0.25) is 11.8 Å². The lowest BCUT2D eigenvalue weighted by atomic mass is 10.0. The van der Waals surface area contributed by atoms with Gasteiger partial charge in [0.1, 0.15) is 5.75 Å². The highest BCUT2D eigenvalue weighted by Crippen LogP contribution is 2.28. The van der Waals surface area contributed by atoms with E-state index >= 15 is 0 Å². The number of carbonyl (C=O) groups excluding carboxylic acids is 2. The second-order valence-corrected chi connectivity index (χ2v) is 7.24. The fraction of sp³-hybridized carbons (Fsp3) is 0.364. The normalized spacial score (nSPS) is 17.6. The lowest BCUT2D eigenvalue weighted by molar-refractivity contribution is -0.126. The zero-order valence-corrected chi connectivity index (χ0v) is 16.6. The maximum Gasteiger partial charge on any atom is 0.227 e. The molecule has 148 valence electrons. The molecule has 6 nitrogen and oxygen atoms in total. The van der Waals surface area contributed by atoms with E-state index in [-0.39, 0.29) is 30.2 Å². The third-order valence-electron chi connectivity index (χ3n) is 5.14. The maximum absolute atomic E-state index is 12.7. The van der Waals surface area contributed by atoms with Crippen molar-refractivity contribution in [3.8, 4) is 5.75 Å². The number of carbonyl (C=O) groups is 2. The molecule has 28 heavy (non-hydrogen) atoms. The van der Waals surface area contributed by atoms with Crippen LogP contribution in [0.2, 0.25) is 0 Å². The Hall–Kier alpha value is -2.86. The van der Waals surface area contributed by atoms with Crippen LogP contribution >= 0.6 is 0 Å². The lowest BCUT2D eigenvalue weighted by Crippen LogP contribution is -2.38. The van der Waals surface area contributed by atoms with Crippen LogP contribution in [0.15, 0.2) is 54.6 Å². The molecule has 2 amide bonds. The Labute approximate surface area is 166 Å². The molecule has 1 N–H and O–H groups in total. The van der Waals surface area contributed by atoms with Crippen LogP contribution in [0.1, 0.15) is 18.0 Å². The summed E-state index contributed by atoms with van der Waals surface area (Å²) in [7, 11) is 5.58. The fourth-order valence-corrected chi connectivity index (χ4v) is 3.53. The van der Waals surface area contributed by atoms with Crippen LogP contribution in [0.3, 0.4) is 0 Å². The second-order valence-electron chi connectivity index (χ2n) is 7.24. The van der Waals surface area contributed by atoms with E-state index in [4.69, 9.17) is 4.74 Å². The van der Waals surface area contributed by atoms with E-state index in [2.05, 4.69) is 22.3 Å². The van der Waals surface area contributed by atoms with E-state index in [9.17, 15) is 9.59 Å². The molecule has 0 radical (unpaired) electrons. The van der Waals surface area contributed by atoms with E-state index in [0.717, 1.165) is 11.3 Å². The van der Waals surface area contributed by atoms with Gasteiger partial charge in [0.15, 0.2) is 0 Å². The van der Waals surface area contributed by atoms with Gasteiger partial charge < -0.3 is 19.9 Å². The van der Waals surface area contributed by atoms with Crippen LogP contribution in [0, 0.1) is 5.92 Å². The van der Waals surface area contributed by atoms with Crippen molar-refractivity contribution in [2.75, 3.05) is 39.2 Å². The molecule has 0 aromatic heterocycles. The van der Waals surface area contributed by atoms with Gasteiger partial charge in [-0.25, -0.2) is 0 Å². The molecule has 0 saturated carbocycles. The van der Waals surface area contributed by atoms with Gasteiger partial charge in [0.05, 0.1) is 19.1 Å². The number of nitrogens with zero attached hydrogens (tertiary/aromatic N) is 2. The molecule has 0 bridgehead atoms. The van der Waals surface area contributed by atoms with E-state index in [0.29, 0.717) is 18.8 Å². The Morgan fingerprint density at radius 1 is 1.21 bits per heavy atom. The number of hydrogen-bond donors (Lipinski definition) is 1. The minimum absolute atomic E-state index is 0.0411. The molecule has 0 spiro atoms. The number of hydrogen-bond acceptors (Lipinski definition) is 4. The van der Waals surface area contributed by atoms with E-state index < -0.39 is 0 Å². The molecule has 1 aliphatic heterocycles. The number of rotatable bonds is 7. The van der Waals surface area contributed by atoms with Gasteiger partial charge in [-0.3, -0.25) is 9.59 Å². The van der Waals surface area contributed by atoms with E-state index in [1.807, 2.05) is 56.6 Å². The molecule has 0 unspecified atom stereocenters. The van der Waals surface area contributed by atoms with Crippen molar-refractivity contribution in [2.24, 2.45) is 5.92 Å². The smallest absolute Gasteiger partial charge is 0.227 e. The maximum atomic E-state index is 12.7. The van der Waals surface area contributed by atoms with Crippen LogP contribution < -0.4 is 15.0 Å². The van der Waals surface area contributed by atoms with Crippen LogP contribution in [0.5, 0.6) is 5.75 Å². The average Bonchev–Trinajstić information content (AvgIpc) is 3.10. The monoisotopic (exact) mass is 381 g/mol. The minimum atomic E-state index is -0.350. The van der Waals surface area contributed by atoms with Crippen molar-refractivity contribution in [3.05, 3.63) is 60.2 Å². The zero-order valence-electron chi connectivity index (χ0n) is 16.6. The van der Waals surface area contributed by atoms with Crippen LogP contribution in [-0.2, 0) is 9.59 Å². The molecule has 1 fully saturated rings. The summed E-state index contributed by atoms with van der Waals surface area (Å²) in [5, 5.41) is 3.04. The summed E-state index contributed by atoms with van der Waals surface area (Å²) < 4.78 is 5.23. The summed E-state index contributed by atoms with van der Waals surface area (Å²) in [6.07, 6.45) is 0.223.